The van der Waals surface area contributed by atoms with E-state index in [1.54, 1.807) is 0 Å². The summed E-state index contributed by atoms with van der Waals surface area (Å²) in [7, 11) is 2.30. The molecule has 1 saturated heterocycles. The zero-order chi connectivity index (χ0) is 12.6. The minimum Gasteiger partial charge on any atom is -0.303 e. The molecular weight excluding hydrogens is 194 g/mol. The van der Waals surface area contributed by atoms with Crippen LogP contribution in [0.4, 0.5) is 0 Å². The van der Waals surface area contributed by atoms with Crippen molar-refractivity contribution in [2.75, 3.05) is 13.6 Å². The maximum absolute atomic E-state index is 2.58. The Morgan fingerprint density at radius 2 is 1.69 bits per heavy atom. The zero-order valence-electron chi connectivity index (χ0n) is 12.4. The molecule has 0 aliphatic carbocycles. The summed E-state index contributed by atoms with van der Waals surface area (Å²) in [5.41, 5.74) is 0.873. The molecule has 1 aliphatic rings. The fraction of sp³-hybridized carbons (Fsp3) is 1.00. The van der Waals surface area contributed by atoms with E-state index in [0.717, 1.165) is 12.0 Å². The Kier molecular flexibility index (Phi) is 4.10. The minimum absolute atomic E-state index is 0.427. The molecule has 1 rings (SSSR count). The molecule has 1 heteroatoms. The second kappa shape index (κ2) is 4.68. The van der Waals surface area contributed by atoms with Gasteiger partial charge in [-0.05, 0) is 49.6 Å². The lowest BCUT2D eigenvalue weighted by molar-refractivity contribution is 0.0812. The first-order valence-corrected chi connectivity index (χ1v) is 6.81. The lowest BCUT2D eigenvalue weighted by Crippen LogP contribution is -2.41. The van der Waals surface area contributed by atoms with Gasteiger partial charge in [0.2, 0.25) is 0 Å². The summed E-state index contributed by atoms with van der Waals surface area (Å²) in [5, 5.41) is 0. The minimum atomic E-state index is 0.427. The maximum Gasteiger partial charge on any atom is 0.0126 e. The van der Waals surface area contributed by atoms with E-state index in [-0.39, 0.29) is 0 Å². The van der Waals surface area contributed by atoms with Crippen molar-refractivity contribution in [3.63, 3.8) is 0 Å². The van der Waals surface area contributed by atoms with Gasteiger partial charge in [-0.1, -0.05) is 41.5 Å². The summed E-state index contributed by atoms with van der Waals surface area (Å²) in [6.07, 6.45) is 4.12. The fourth-order valence-corrected chi connectivity index (χ4v) is 3.12. The summed E-state index contributed by atoms with van der Waals surface area (Å²) >= 11 is 0. The van der Waals surface area contributed by atoms with Crippen molar-refractivity contribution in [1.82, 2.24) is 4.90 Å². The van der Waals surface area contributed by atoms with E-state index in [0.29, 0.717) is 10.8 Å². The van der Waals surface area contributed by atoms with Gasteiger partial charge in [-0.2, -0.15) is 0 Å². The maximum atomic E-state index is 2.58. The molecule has 0 amide bonds. The number of hydrogen-bond acceptors (Lipinski definition) is 1. The Bertz CT molecular complexity index is 219. The molecule has 96 valence electrons. The van der Waals surface area contributed by atoms with Crippen LogP contribution in [0.25, 0.3) is 0 Å². The van der Waals surface area contributed by atoms with Crippen molar-refractivity contribution < 1.29 is 0 Å². The Labute approximate surface area is 103 Å². The van der Waals surface area contributed by atoms with Crippen LogP contribution in [-0.4, -0.2) is 24.5 Å². The summed E-state index contributed by atoms with van der Waals surface area (Å²) in [5.74, 6) is 0.819. The van der Waals surface area contributed by atoms with Gasteiger partial charge in [0.15, 0.2) is 0 Å². The molecule has 0 bridgehead atoms. The first-order valence-electron chi connectivity index (χ1n) is 6.81. The van der Waals surface area contributed by atoms with Crippen molar-refractivity contribution >= 4 is 0 Å². The van der Waals surface area contributed by atoms with Gasteiger partial charge in [-0.15, -0.1) is 0 Å². The van der Waals surface area contributed by atoms with Crippen molar-refractivity contribution in [1.29, 1.82) is 0 Å². The van der Waals surface area contributed by atoms with E-state index >= 15 is 0 Å². The summed E-state index contributed by atoms with van der Waals surface area (Å²) in [6, 6.07) is 0.805. The predicted octanol–water partition coefficient (Wildman–Crippen LogP) is 4.18. The van der Waals surface area contributed by atoms with Crippen LogP contribution in [0, 0.1) is 16.7 Å². The Hall–Kier alpha value is -0.0400. The molecule has 0 N–H and O–H groups in total. The van der Waals surface area contributed by atoms with Gasteiger partial charge in [0, 0.05) is 6.04 Å². The van der Waals surface area contributed by atoms with E-state index in [1.807, 2.05) is 0 Å². The van der Waals surface area contributed by atoms with Crippen molar-refractivity contribution in [3.05, 3.63) is 0 Å². The number of nitrogens with zero attached hydrogens (tertiary/aromatic N) is 1. The first-order chi connectivity index (χ1) is 7.11. The van der Waals surface area contributed by atoms with Gasteiger partial charge in [0.1, 0.15) is 0 Å². The highest BCUT2D eigenvalue weighted by Crippen LogP contribution is 2.42. The monoisotopic (exact) mass is 225 g/mol. The average molecular weight is 225 g/mol. The third kappa shape index (κ3) is 3.76. The topological polar surface area (TPSA) is 3.24 Å². The molecule has 2 atom stereocenters. The highest BCUT2D eigenvalue weighted by Gasteiger charge is 2.38. The molecule has 1 heterocycles. The SMILES string of the molecule is CN1CCCC1C(CC(C)(C)C)C(C)(C)C. The Morgan fingerprint density at radius 1 is 1.12 bits per heavy atom. The zero-order valence-corrected chi connectivity index (χ0v) is 12.4. The van der Waals surface area contributed by atoms with Gasteiger partial charge in [-0.3, -0.25) is 0 Å². The highest BCUT2D eigenvalue weighted by atomic mass is 15.2. The smallest absolute Gasteiger partial charge is 0.0126 e. The van der Waals surface area contributed by atoms with Crippen LogP contribution in [0.3, 0.4) is 0 Å². The molecule has 2 unspecified atom stereocenters. The Morgan fingerprint density at radius 3 is 2.00 bits per heavy atom. The van der Waals surface area contributed by atoms with E-state index in [2.05, 4.69) is 53.5 Å². The number of hydrogen-bond donors (Lipinski definition) is 0. The van der Waals surface area contributed by atoms with Gasteiger partial charge in [0.05, 0.1) is 0 Å². The quantitative estimate of drug-likeness (QED) is 0.681. The standard InChI is InChI=1S/C15H31N/c1-14(2,3)11-12(15(4,5)6)13-9-8-10-16(13)7/h12-13H,8-11H2,1-7H3. The van der Waals surface area contributed by atoms with Crippen LogP contribution in [0.1, 0.15) is 60.8 Å². The molecule has 0 aromatic rings. The molecule has 0 spiro atoms. The van der Waals surface area contributed by atoms with Crippen LogP contribution < -0.4 is 0 Å². The highest BCUT2D eigenvalue weighted by molar-refractivity contribution is 4.91. The van der Waals surface area contributed by atoms with Crippen LogP contribution >= 0.6 is 0 Å². The predicted molar refractivity (Wildman–Crippen MR) is 72.7 cm³/mol. The van der Waals surface area contributed by atoms with Crippen LogP contribution in [0.2, 0.25) is 0 Å². The van der Waals surface area contributed by atoms with E-state index < -0.39 is 0 Å². The average Bonchev–Trinajstić information content (AvgIpc) is 2.43. The van der Waals surface area contributed by atoms with E-state index in [9.17, 15) is 0 Å². The van der Waals surface area contributed by atoms with Gasteiger partial charge >= 0.3 is 0 Å². The van der Waals surface area contributed by atoms with Gasteiger partial charge < -0.3 is 4.90 Å². The third-order valence-electron chi connectivity index (χ3n) is 3.99. The van der Waals surface area contributed by atoms with Gasteiger partial charge in [-0.25, -0.2) is 0 Å². The molecule has 0 aromatic carbocycles. The molecule has 0 radical (unpaired) electrons. The first kappa shape index (κ1) is 14.0. The Balaban J connectivity index is 2.79. The lowest BCUT2D eigenvalue weighted by Gasteiger charge is -2.42. The van der Waals surface area contributed by atoms with Crippen molar-refractivity contribution in [2.45, 2.75) is 66.8 Å². The molecule has 16 heavy (non-hydrogen) atoms. The normalized spacial score (nSPS) is 26.1. The fourth-order valence-electron chi connectivity index (χ4n) is 3.12. The summed E-state index contributed by atoms with van der Waals surface area (Å²) in [4.78, 5) is 2.58. The third-order valence-corrected chi connectivity index (χ3v) is 3.99. The molecule has 1 aliphatic heterocycles. The van der Waals surface area contributed by atoms with Gasteiger partial charge in [0.25, 0.3) is 0 Å². The lowest BCUT2D eigenvalue weighted by atomic mass is 9.68. The van der Waals surface area contributed by atoms with E-state index in [1.165, 1.54) is 25.8 Å². The van der Waals surface area contributed by atoms with Crippen LogP contribution in [0.5, 0.6) is 0 Å². The molecule has 0 aromatic heterocycles. The number of rotatable bonds is 2. The summed E-state index contributed by atoms with van der Waals surface area (Å²) in [6.45, 7) is 15.7. The molecule has 1 nitrogen and oxygen atoms in total. The largest absolute Gasteiger partial charge is 0.303 e. The van der Waals surface area contributed by atoms with E-state index in [4.69, 9.17) is 0 Å². The second-order valence-corrected chi connectivity index (χ2v) is 7.93. The van der Waals surface area contributed by atoms with Crippen molar-refractivity contribution in [2.24, 2.45) is 16.7 Å². The molecular formula is C15H31N. The van der Waals surface area contributed by atoms with Crippen LogP contribution in [-0.2, 0) is 0 Å². The van der Waals surface area contributed by atoms with Crippen molar-refractivity contribution in [3.8, 4) is 0 Å². The molecule has 1 fully saturated rings. The second-order valence-electron chi connectivity index (χ2n) is 7.93. The van der Waals surface area contributed by atoms with Crippen LogP contribution in [0.15, 0.2) is 0 Å². The summed E-state index contributed by atoms with van der Waals surface area (Å²) < 4.78 is 0. The number of likely N-dealkylation sites (tertiary alicyclic amines) is 1. The molecule has 0 saturated carbocycles.